The van der Waals surface area contributed by atoms with Gasteiger partial charge in [0.2, 0.25) is 6.79 Å². The first-order chi connectivity index (χ1) is 16.9. The van der Waals surface area contributed by atoms with E-state index in [1.807, 2.05) is 19.9 Å². The summed E-state index contributed by atoms with van der Waals surface area (Å²) < 4.78 is 32.3. The van der Waals surface area contributed by atoms with Crippen LogP contribution in [0.4, 0.5) is 0 Å². The molecule has 10 nitrogen and oxygen atoms in total. The lowest BCUT2D eigenvalue weighted by atomic mass is 10.2. The molecule has 1 unspecified atom stereocenters. The van der Waals surface area contributed by atoms with Crippen molar-refractivity contribution in [3.63, 3.8) is 0 Å². The standard InChI is InChI=1S/C25H26N2O8/c1-14-19(15(2)35-27-14)12-31-20-8-6-18(10-22(20)30-4)25(29)34-16(3)24(28)26-11-17-5-7-21-23(9-17)33-13-32-21/h5-10,16H,11-13H2,1-4H3,(H,26,28). The number of aromatic nitrogens is 1. The topological polar surface area (TPSA) is 118 Å². The maximum atomic E-state index is 12.6. The van der Waals surface area contributed by atoms with Gasteiger partial charge in [-0.3, -0.25) is 4.79 Å². The SMILES string of the molecule is COc1cc(C(=O)OC(C)C(=O)NCc2ccc3c(c2)OCO3)ccc1OCc1c(C)noc1C. The summed E-state index contributed by atoms with van der Waals surface area (Å²) in [6.45, 7) is 5.81. The molecule has 10 heteroatoms. The summed E-state index contributed by atoms with van der Waals surface area (Å²) in [5, 5.41) is 6.65. The Hall–Kier alpha value is -4.21. The molecule has 184 valence electrons. The number of ether oxygens (including phenoxy) is 5. The third-order valence-electron chi connectivity index (χ3n) is 5.51. The predicted molar refractivity (Wildman–Crippen MR) is 123 cm³/mol. The van der Waals surface area contributed by atoms with Crippen molar-refractivity contribution in [2.75, 3.05) is 13.9 Å². The molecule has 1 aromatic heterocycles. The van der Waals surface area contributed by atoms with E-state index in [9.17, 15) is 9.59 Å². The van der Waals surface area contributed by atoms with Crippen LogP contribution < -0.4 is 24.3 Å². The van der Waals surface area contributed by atoms with Crippen LogP contribution in [0.3, 0.4) is 0 Å². The van der Waals surface area contributed by atoms with E-state index >= 15 is 0 Å². The van der Waals surface area contributed by atoms with E-state index in [2.05, 4.69) is 10.5 Å². The summed E-state index contributed by atoms with van der Waals surface area (Å²) in [4.78, 5) is 25.1. The van der Waals surface area contributed by atoms with Crippen LogP contribution in [0.2, 0.25) is 0 Å². The molecule has 3 aromatic rings. The number of aryl methyl sites for hydroxylation is 2. The highest BCUT2D eigenvalue weighted by atomic mass is 16.7. The average Bonchev–Trinajstić information content (AvgIpc) is 3.46. The van der Waals surface area contributed by atoms with Crippen molar-refractivity contribution in [2.24, 2.45) is 0 Å². The van der Waals surface area contributed by atoms with Gasteiger partial charge in [0.05, 0.1) is 23.9 Å². The van der Waals surface area contributed by atoms with Crippen molar-refractivity contribution in [2.45, 2.75) is 40.0 Å². The summed E-state index contributed by atoms with van der Waals surface area (Å²) in [5.41, 5.74) is 2.64. The molecule has 1 aliphatic heterocycles. The zero-order chi connectivity index (χ0) is 24.9. The second-order valence-electron chi connectivity index (χ2n) is 7.91. The van der Waals surface area contributed by atoms with Gasteiger partial charge in [-0.2, -0.15) is 0 Å². The summed E-state index contributed by atoms with van der Waals surface area (Å²) in [7, 11) is 1.47. The molecular formula is C25H26N2O8. The molecule has 2 aromatic carbocycles. The van der Waals surface area contributed by atoms with E-state index < -0.39 is 18.0 Å². The largest absolute Gasteiger partial charge is 0.493 e. The van der Waals surface area contributed by atoms with Crippen molar-refractivity contribution >= 4 is 11.9 Å². The summed E-state index contributed by atoms with van der Waals surface area (Å²) in [5.74, 6) is 1.67. The van der Waals surface area contributed by atoms with Gasteiger partial charge in [-0.05, 0) is 56.7 Å². The van der Waals surface area contributed by atoms with Crippen LogP contribution in [-0.2, 0) is 22.7 Å². The van der Waals surface area contributed by atoms with E-state index in [0.717, 1.165) is 16.8 Å². The number of fused-ring (bicyclic) bond motifs is 1. The Morgan fingerprint density at radius 1 is 1.09 bits per heavy atom. The fourth-order valence-corrected chi connectivity index (χ4v) is 3.44. The number of carbonyl (C=O) groups excluding carboxylic acids is 2. The Kier molecular flexibility index (Phi) is 7.09. The van der Waals surface area contributed by atoms with Crippen LogP contribution in [-0.4, -0.2) is 37.0 Å². The fourth-order valence-electron chi connectivity index (χ4n) is 3.44. The zero-order valence-corrected chi connectivity index (χ0v) is 19.9. The van der Waals surface area contributed by atoms with E-state index in [1.165, 1.54) is 20.1 Å². The number of hydrogen-bond donors (Lipinski definition) is 1. The number of benzene rings is 2. The summed E-state index contributed by atoms with van der Waals surface area (Å²) in [6.07, 6.45) is -1.00. The van der Waals surface area contributed by atoms with Gasteiger partial charge in [0.15, 0.2) is 29.1 Å². The molecule has 1 aliphatic rings. The molecule has 0 aliphatic carbocycles. The lowest BCUT2D eigenvalue weighted by Crippen LogP contribution is -2.35. The first-order valence-corrected chi connectivity index (χ1v) is 11.0. The maximum Gasteiger partial charge on any atom is 0.339 e. The summed E-state index contributed by atoms with van der Waals surface area (Å²) in [6, 6.07) is 10.1. The maximum absolute atomic E-state index is 12.6. The monoisotopic (exact) mass is 482 g/mol. The Morgan fingerprint density at radius 3 is 2.63 bits per heavy atom. The highest BCUT2D eigenvalue weighted by Crippen LogP contribution is 2.32. The normalized spacial score (nSPS) is 12.7. The van der Waals surface area contributed by atoms with Crippen molar-refractivity contribution < 1.29 is 37.8 Å². The van der Waals surface area contributed by atoms with Gasteiger partial charge < -0.3 is 33.5 Å². The lowest BCUT2D eigenvalue weighted by Gasteiger charge is -2.15. The highest BCUT2D eigenvalue weighted by molar-refractivity contribution is 5.92. The number of amides is 1. The van der Waals surface area contributed by atoms with Gasteiger partial charge in [0.25, 0.3) is 5.91 Å². The number of nitrogens with zero attached hydrogens (tertiary/aromatic N) is 1. The lowest BCUT2D eigenvalue weighted by molar-refractivity contribution is -0.129. The Balaban J connectivity index is 1.32. The van der Waals surface area contributed by atoms with E-state index in [1.54, 1.807) is 24.3 Å². The quantitative estimate of drug-likeness (QED) is 0.457. The van der Waals surface area contributed by atoms with Crippen molar-refractivity contribution in [1.29, 1.82) is 0 Å². The van der Waals surface area contributed by atoms with Crippen molar-refractivity contribution in [3.05, 3.63) is 64.5 Å². The first kappa shape index (κ1) is 23.9. The molecule has 4 rings (SSSR count). The minimum Gasteiger partial charge on any atom is -0.493 e. The second kappa shape index (κ2) is 10.4. The van der Waals surface area contributed by atoms with Gasteiger partial charge in [-0.25, -0.2) is 4.79 Å². The molecule has 1 N–H and O–H groups in total. The molecule has 0 fully saturated rings. The van der Waals surface area contributed by atoms with E-state index in [0.29, 0.717) is 28.8 Å². The third-order valence-corrected chi connectivity index (χ3v) is 5.51. The molecule has 1 amide bonds. The average molecular weight is 482 g/mol. The van der Waals surface area contributed by atoms with Crippen LogP contribution in [0, 0.1) is 13.8 Å². The van der Waals surface area contributed by atoms with Gasteiger partial charge in [0, 0.05) is 6.54 Å². The number of methoxy groups -OCH3 is 1. The van der Waals surface area contributed by atoms with Gasteiger partial charge in [-0.15, -0.1) is 0 Å². The number of nitrogens with one attached hydrogen (secondary N) is 1. The number of carbonyl (C=O) groups is 2. The highest BCUT2D eigenvalue weighted by Gasteiger charge is 2.21. The Morgan fingerprint density at radius 2 is 1.89 bits per heavy atom. The fraction of sp³-hybridized carbons (Fsp3) is 0.320. The minimum absolute atomic E-state index is 0.178. The molecule has 2 heterocycles. The van der Waals surface area contributed by atoms with Crippen LogP contribution >= 0.6 is 0 Å². The zero-order valence-electron chi connectivity index (χ0n) is 19.9. The Labute approximate surface area is 202 Å². The molecule has 0 saturated carbocycles. The number of rotatable bonds is 9. The van der Waals surface area contributed by atoms with Crippen molar-refractivity contribution in [1.82, 2.24) is 10.5 Å². The second-order valence-corrected chi connectivity index (χ2v) is 7.91. The van der Waals surface area contributed by atoms with Crippen molar-refractivity contribution in [3.8, 4) is 23.0 Å². The number of hydrogen-bond acceptors (Lipinski definition) is 9. The van der Waals surface area contributed by atoms with E-state index in [4.69, 9.17) is 28.2 Å². The summed E-state index contributed by atoms with van der Waals surface area (Å²) >= 11 is 0. The molecule has 0 saturated heterocycles. The van der Waals surface area contributed by atoms with Gasteiger partial charge >= 0.3 is 5.97 Å². The molecule has 0 spiro atoms. The van der Waals surface area contributed by atoms with Gasteiger partial charge in [0.1, 0.15) is 12.4 Å². The molecular weight excluding hydrogens is 456 g/mol. The first-order valence-electron chi connectivity index (χ1n) is 11.0. The predicted octanol–water partition coefficient (Wildman–Crippen LogP) is 3.47. The Bertz CT molecular complexity index is 1220. The minimum atomic E-state index is -1.00. The molecule has 1 atom stereocenters. The number of esters is 1. The van der Waals surface area contributed by atoms with Crippen LogP contribution in [0.5, 0.6) is 23.0 Å². The molecule has 35 heavy (non-hydrogen) atoms. The van der Waals surface area contributed by atoms with Crippen LogP contribution in [0.25, 0.3) is 0 Å². The third kappa shape index (κ3) is 5.48. The smallest absolute Gasteiger partial charge is 0.339 e. The van der Waals surface area contributed by atoms with Crippen LogP contribution in [0.1, 0.15) is 39.9 Å². The van der Waals surface area contributed by atoms with Crippen LogP contribution in [0.15, 0.2) is 40.9 Å². The van der Waals surface area contributed by atoms with E-state index in [-0.39, 0.29) is 25.5 Å². The molecule has 0 bridgehead atoms. The molecule has 0 radical (unpaired) electrons. The van der Waals surface area contributed by atoms with Gasteiger partial charge in [-0.1, -0.05) is 11.2 Å².